The number of rotatable bonds is 5. The summed E-state index contributed by atoms with van der Waals surface area (Å²) in [5, 5.41) is 0. The third-order valence-corrected chi connectivity index (χ3v) is 4.01. The van der Waals surface area contributed by atoms with Crippen LogP contribution >= 0.6 is 12.2 Å². The third-order valence-electron chi connectivity index (χ3n) is 3.78. The van der Waals surface area contributed by atoms with Crippen molar-refractivity contribution in [2.45, 2.75) is 25.8 Å². The lowest BCUT2D eigenvalue weighted by atomic mass is 10.1. The third kappa shape index (κ3) is 4.79. The molecule has 0 saturated carbocycles. The largest absolute Gasteiger partial charge is 0.389 e. The first kappa shape index (κ1) is 15.9. The Bertz CT molecular complexity index is 512. The van der Waals surface area contributed by atoms with Gasteiger partial charge in [0.2, 0.25) is 5.91 Å². The van der Waals surface area contributed by atoms with Crippen LogP contribution in [0.2, 0.25) is 0 Å². The number of likely N-dealkylation sites (N-methyl/N-ethyl adjacent to an activating group) is 1. The van der Waals surface area contributed by atoms with Crippen LogP contribution in [0.3, 0.4) is 0 Å². The maximum atomic E-state index is 12.2. The first-order valence-electron chi connectivity index (χ1n) is 7.41. The Morgan fingerprint density at radius 1 is 1.33 bits per heavy atom. The highest BCUT2D eigenvalue weighted by Gasteiger charge is 2.17. The fourth-order valence-corrected chi connectivity index (χ4v) is 2.79. The van der Waals surface area contributed by atoms with Gasteiger partial charge in [0, 0.05) is 25.2 Å². The van der Waals surface area contributed by atoms with Crippen molar-refractivity contribution in [1.29, 1.82) is 0 Å². The average molecular weight is 305 g/mol. The molecule has 1 aromatic carbocycles. The lowest BCUT2D eigenvalue weighted by Crippen LogP contribution is -2.41. The molecule has 1 aromatic rings. The van der Waals surface area contributed by atoms with Crippen molar-refractivity contribution in [3.8, 4) is 0 Å². The second-order valence-corrected chi connectivity index (χ2v) is 6.12. The van der Waals surface area contributed by atoms with Gasteiger partial charge in [-0.1, -0.05) is 30.4 Å². The van der Waals surface area contributed by atoms with Gasteiger partial charge >= 0.3 is 0 Å². The van der Waals surface area contributed by atoms with Gasteiger partial charge in [0.1, 0.15) is 4.99 Å². The lowest BCUT2D eigenvalue weighted by molar-refractivity contribution is -0.133. The minimum absolute atomic E-state index is 0.225. The Morgan fingerprint density at radius 3 is 2.71 bits per heavy atom. The smallest absolute Gasteiger partial charge is 0.236 e. The summed E-state index contributed by atoms with van der Waals surface area (Å²) in [5.74, 6) is 0.225. The summed E-state index contributed by atoms with van der Waals surface area (Å²) in [4.78, 5) is 16.6. The number of likely N-dealkylation sites (tertiary alicyclic amines) is 1. The van der Waals surface area contributed by atoms with E-state index in [1.54, 1.807) is 0 Å². The fourth-order valence-electron chi connectivity index (χ4n) is 2.66. The van der Waals surface area contributed by atoms with Crippen LogP contribution in [0.25, 0.3) is 0 Å². The van der Waals surface area contributed by atoms with Gasteiger partial charge in [-0.3, -0.25) is 9.69 Å². The Kier molecular flexibility index (Phi) is 5.70. The van der Waals surface area contributed by atoms with Crippen LogP contribution in [0, 0.1) is 0 Å². The molecule has 1 aliphatic heterocycles. The molecule has 21 heavy (non-hydrogen) atoms. The molecule has 0 bridgehead atoms. The Morgan fingerprint density at radius 2 is 2.05 bits per heavy atom. The molecule has 1 saturated heterocycles. The number of carbonyl (C=O) groups is 1. The first-order valence-corrected chi connectivity index (χ1v) is 7.82. The molecule has 1 aliphatic rings. The Balaban J connectivity index is 1.88. The maximum absolute atomic E-state index is 12.2. The highest BCUT2D eigenvalue weighted by Crippen LogP contribution is 2.11. The van der Waals surface area contributed by atoms with Gasteiger partial charge < -0.3 is 10.6 Å². The standard InChI is InChI=1S/C16H23N3OS/c1-18(12-15(20)19-8-3-2-4-9-19)11-13-6-5-7-14(10-13)16(17)21/h5-7,10H,2-4,8-9,11-12H2,1H3,(H2,17,21). The molecule has 2 N–H and O–H groups in total. The molecule has 4 nitrogen and oxygen atoms in total. The number of nitrogens with two attached hydrogens (primary N) is 1. The van der Waals surface area contributed by atoms with E-state index in [-0.39, 0.29) is 5.91 Å². The van der Waals surface area contributed by atoms with Crippen LogP contribution in [0.4, 0.5) is 0 Å². The molecule has 0 unspecified atom stereocenters. The predicted octanol–water partition coefficient (Wildman–Crippen LogP) is 1.77. The number of benzene rings is 1. The SMILES string of the molecule is CN(CC(=O)N1CCCCC1)Cc1cccc(C(N)=S)c1. The van der Waals surface area contributed by atoms with Crippen molar-refractivity contribution in [2.24, 2.45) is 5.73 Å². The molecule has 0 radical (unpaired) electrons. The van der Waals surface area contributed by atoms with Crippen molar-refractivity contribution < 1.29 is 4.79 Å². The van der Waals surface area contributed by atoms with E-state index >= 15 is 0 Å². The van der Waals surface area contributed by atoms with E-state index in [2.05, 4.69) is 0 Å². The summed E-state index contributed by atoms with van der Waals surface area (Å²) >= 11 is 4.99. The van der Waals surface area contributed by atoms with Crippen molar-refractivity contribution >= 4 is 23.1 Å². The van der Waals surface area contributed by atoms with E-state index in [4.69, 9.17) is 18.0 Å². The average Bonchev–Trinajstić information content (AvgIpc) is 2.48. The van der Waals surface area contributed by atoms with Gasteiger partial charge in [-0.2, -0.15) is 0 Å². The second kappa shape index (κ2) is 7.52. The molecular weight excluding hydrogens is 282 g/mol. The molecule has 0 aliphatic carbocycles. The summed E-state index contributed by atoms with van der Waals surface area (Å²) in [5.41, 5.74) is 7.64. The maximum Gasteiger partial charge on any atom is 0.236 e. The highest BCUT2D eigenvalue weighted by molar-refractivity contribution is 7.80. The molecule has 0 atom stereocenters. The monoisotopic (exact) mass is 305 g/mol. The predicted molar refractivity (Wildman–Crippen MR) is 89.1 cm³/mol. The normalized spacial score (nSPS) is 15.2. The van der Waals surface area contributed by atoms with Crippen LogP contribution < -0.4 is 5.73 Å². The number of amides is 1. The zero-order chi connectivity index (χ0) is 15.2. The zero-order valence-electron chi connectivity index (χ0n) is 12.5. The number of nitrogens with zero attached hydrogens (tertiary/aromatic N) is 2. The first-order chi connectivity index (χ1) is 10.1. The fraction of sp³-hybridized carbons (Fsp3) is 0.500. The van der Waals surface area contributed by atoms with Gasteiger partial charge in [0.05, 0.1) is 6.54 Å². The van der Waals surface area contributed by atoms with Gasteiger partial charge in [0.25, 0.3) is 0 Å². The van der Waals surface area contributed by atoms with E-state index in [0.29, 0.717) is 11.5 Å². The summed E-state index contributed by atoms with van der Waals surface area (Å²) < 4.78 is 0. The summed E-state index contributed by atoms with van der Waals surface area (Å²) in [7, 11) is 1.97. The molecule has 1 amide bonds. The van der Waals surface area contributed by atoms with E-state index < -0.39 is 0 Å². The van der Waals surface area contributed by atoms with Gasteiger partial charge in [-0.15, -0.1) is 0 Å². The molecule has 0 aromatic heterocycles. The Labute approximate surface area is 131 Å². The van der Waals surface area contributed by atoms with Crippen LogP contribution in [0.5, 0.6) is 0 Å². The van der Waals surface area contributed by atoms with E-state index in [0.717, 1.165) is 43.6 Å². The van der Waals surface area contributed by atoms with E-state index in [9.17, 15) is 4.79 Å². The number of carbonyl (C=O) groups excluding carboxylic acids is 1. The molecule has 114 valence electrons. The molecule has 1 fully saturated rings. The van der Waals surface area contributed by atoms with E-state index in [1.807, 2.05) is 41.1 Å². The van der Waals surface area contributed by atoms with Gasteiger partial charge in [-0.25, -0.2) is 0 Å². The molecule has 5 heteroatoms. The summed E-state index contributed by atoms with van der Waals surface area (Å²) in [6.45, 7) is 2.99. The molecule has 0 spiro atoms. The van der Waals surface area contributed by atoms with Crippen molar-refractivity contribution in [3.63, 3.8) is 0 Å². The van der Waals surface area contributed by atoms with Crippen molar-refractivity contribution in [1.82, 2.24) is 9.80 Å². The summed E-state index contributed by atoms with van der Waals surface area (Å²) in [6.07, 6.45) is 3.50. The van der Waals surface area contributed by atoms with E-state index in [1.165, 1.54) is 6.42 Å². The minimum Gasteiger partial charge on any atom is -0.389 e. The number of hydrogen-bond donors (Lipinski definition) is 1. The zero-order valence-corrected chi connectivity index (χ0v) is 13.4. The Hall–Kier alpha value is -1.46. The number of thiocarbonyl (C=S) groups is 1. The quantitative estimate of drug-likeness (QED) is 0.842. The lowest BCUT2D eigenvalue weighted by Gasteiger charge is -2.28. The van der Waals surface area contributed by atoms with Crippen LogP contribution in [0.15, 0.2) is 24.3 Å². The van der Waals surface area contributed by atoms with Crippen LogP contribution in [0.1, 0.15) is 30.4 Å². The molecule has 1 heterocycles. The van der Waals surface area contributed by atoms with Crippen LogP contribution in [-0.2, 0) is 11.3 Å². The number of piperidine rings is 1. The van der Waals surface area contributed by atoms with Crippen LogP contribution in [-0.4, -0.2) is 47.4 Å². The minimum atomic E-state index is 0.225. The van der Waals surface area contributed by atoms with Gasteiger partial charge in [0.15, 0.2) is 0 Å². The second-order valence-electron chi connectivity index (χ2n) is 5.68. The van der Waals surface area contributed by atoms with Crippen molar-refractivity contribution in [3.05, 3.63) is 35.4 Å². The summed E-state index contributed by atoms with van der Waals surface area (Å²) in [6, 6.07) is 7.88. The van der Waals surface area contributed by atoms with Gasteiger partial charge in [-0.05, 0) is 37.9 Å². The van der Waals surface area contributed by atoms with Crippen molar-refractivity contribution in [2.75, 3.05) is 26.7 Å². The topological polar surface area (TPSA) is 49.6 Å². The highest BCUT2D eigenvalue weighted by atomic mass is 32.1. The number of hydrogen-bond acceptors (Lipinski definition) is 3. The molecular formula is C16H23N3OS. The molecule has 2 rings (SSSR count).